The van der Waals surface area contributed by atoms with Gasteiger partial charge < -0.3 is 15.0 Å². The molecule has 0 amide bonds. The zero-order chi connectivity index (χ0) is 9.14. The number of nitrogens with zero attached hydrogens (tertiary/aromatic N) is 1. The quantitative estimate of drug-likeness (QED) is 0.668. The first kappa shape index (κ1) is 8.80. The number of ether oxygens (including phenoxy) is 1. The van der Waals surface area contributed by atoms with Crippen molar-refractivity contribution in [2.75, 3.05) is 7.11 Å². The number of nitrogens with two attached hydrogens (primary N) is 1. The minimum Gasteiger partial charge on any atom is -0.491 e. The molecule has 0 radical (unpaired) electrons. The van der Waals surface area contributed by atoms with Gasteiger partial charge in [0.05, 0.1) is 13.3 Å². The third-order valence-electron chi connectivity index (χ3n) is 1.73. The summed E-state index contributed by atoms with van der Waals surface area (Å²) in [6.45, 7) is 0.357. The lowest BCUT2D eigenvalue weighted by molar-refractivity contribution is 0.405. The average Bonchev–Trinajstić information content (AvgIpc) is 2.08. The highest BCUT2D eigenvalue weighted by Gasteiger charge is 2.01. The highest BCUT2D eigenvalue weighted by Crippen LogP contribution is 2.03. The van der Waals surface area contributed by atoms with Gasteiger partial charge in [0.25, 0.3) is 0 Å². The van der Waals surface area contributed by atoms with Crippen molar-refractivity contribution in [2.24, 2.45) is 12.8 Å². The summed E-state index contributed by atoms with van der Waals surface area (Å²) < 4.78 is 6.63. The Bertz CT molecular complexity index is 330. The number of aryl methyl sites for hydroxylation is 1. The molecule has 66 valence electrons. The van der Waals surface area contributed by atoms with Crippen LogP contribution in [-0.2, 0) is 13.6 Å². The minimum absolute atomic E-state index is 0.129. The van der Waals surface area contributed by atoms with Crippen LogP contribution in [0.2, 0.25) is 0 Å². The van der Waals surface area contributed by atoms with Crippen molar-refractivity contribution in [1.82, 2.24) is 4.57 Å². The normalized spacial score (nSPS) is 9.92. The molecule has 0 spiro atoms. The van der Waals surface area contributed by atoms with E-state index < -0.39 is 0 Å². The molecule has 0 unspecified atom stereocenters. The van der Waals surface area contributed by atoms with Crippen LogP contribution in [0.4, 0.5) is 0 Å². The first-order valence-electron chi connectivity index (χ1n) is 3.62. The maximum atomic E-state index is 11.2. The van der Waals surface area contributed by atoms with E-state index in [9.17, 15) is 4.79 Å². The van der Waals surface area contributed by atoms with Gasteiger partial charge in [-0.05, 0) is 0 Å². The second-order valence-electron chi connectivity index (χ2n) is 2.51. The molecule has 4 heteroatoms. The zero-order valence-electron chi connectivity index (χ0n) is 7.20. The van der Waals surface area contributed by atoms with Crippen molar-refractivity contribution in [3.05, 3.63) is 28.2 Å². The molecular weight excluding hydrogens is 156 g/mol. The highest BCUT2D eigenvalue weighted by molar-refractivity contribution is 5.21. The molecular formula is C8H12N2O2. The Morgan fingerprint density at radius 1 is 1.67 bits per heavy atom. The van der Waals surface area contributed by atoms with Gasteiger partial charge in [0.15, 0.2) is 5.75 Å². The molecule has 0 aliphatic carbocycles. The van der Waals surface area contributed by atoms with E-state index in [0.717, 1.165) is 5.69 Å². The van der Waals surface area contributed by atoms with E-state index in [2.05, 4.69) is 0 Å². The van der Waals surface area contributed by atoms with Crippen molar-refractivity contribution in [2.45, 2.75) is 6.54 Å². The van der Waals surface area contributed by atoms with Gasteiger partial charge >= 0.3 is 0 Å². The number of hydrogen-bond acceptors (Lipinski definition) is 3. The molecule has 12 heavy (non-hydrogen) atoms. The van der Waals surface area contributed by atoms with E-state index in [1.165, 1.54) is 13.2 Å². The van der Waals surface area contributed by atoms with E-state index in [4.69, 9.17) is 10.5 Å². The molecule has 1 rings (SSSR count). The summed E-state index contributed by atoms with van der Waals surface area (Å²) in [6, 6.07) is 1.48. The molecule has 0 aliphatic rings. The third-order valence-corrected chi connectivity index (χ3v) is 1.73. The summed E-state index contributed by atoms with van der Waals surface area (Å²) in [5.41, 5.74) is 6.07. The first-order valence-corrected chi connectivity index (χ1v) is 3.62. The van der Waals surface area contributed by atoms with Crippen LogP contribution in [0.25, 0.3) is 0 Å². The predicted octanol–water partition coefficient (Wildman–Crippen LogP) is -0.147. The van der Waals surface area contributed by atoms with Crippen LogP contribution in [0, 0.1) is 0 Å². The smallest absolute Gasteiger partial charge is 0.223 e. The average molecular weight is 168 g/mol. The molecule has 0 atom stereocenters. The largest absolute Gasteiger partial charge is 0.491 e. The lowest BCUT2D eigenvalue weighted by Crippen LogP contribution is -2.14. The Balaban J connectivity index is 3.26. The molecule has 0 fully saturated rings. The molecule has 1 aromatic heterocycles. The molecule has 1 heterocycles. The molecule has 0 aliphatic heterocycles. The van der Waals surface area contributed by atoms with E-state index in [1.807, 2.05) is 7.05 Å². The van der Waals surface area contributed by atoms with Crippen molar-refractivity contribution < 1.29 is 4.74 Å². The fourth-order valence-electron chi connectivity index (χ4n) is 1.00. The number of rotatable bonds is 2. The van der Waals surface area contributed by atoms with Crippen molar-refractivity contribution in [3.63, 3.8) is 0 Å². The van der Waals surface area contributed by atoms with Gasteiger partial charge in [-0.15, -0.1) is 0 Å². The summed E-state index contributed by atoms with van der Waals surface area (Å²) in [5, 5.41) is 0. The number of methoxy groups -OCH3 is 1. The Labute approximate surface area is 70.6 Å². The van der Waals surface area contributed by atoms with Gasteiger partial charge in [0.1, 0.15) is 0 Å². The molecule has 4 nitrogen and oxygen atoms in total. The maximum Gasteiger partial charge on any atom is 0.223 e. The number of pyridine rings is 1. The van der Waals surface area contributed by atoms with Crippen LogP contribution in [0.15, 0.2) is 17.1 Å². The van der Waals surface area contributed by atoms with Crippen LogP contribution in [0.3, 0.4) is 0 Å². The van der Waals surface area contributed by atoms with Crippen molar-refractivity contribution in [3.8, 4) is 5.75 Å². The van der Waals surface area contributed by atoms with Gasteiger partial charge in [0, 0.05) is 25.4 Å². The molecule has 0 saturated heterocycles. The summed E-state index contributed by atoms with van der Waals surface area (Å²) in [4.78, 5) is 11.2. The monoisotopic (exact) mass is 168 g/mol. The fourth-order valence-corrected chi connectivity index (χ4v) is 1.00. The maximum absolute atomic E-state index is 11.2. The second kappa shape index (κ2) is 3.40. The van der Waals surface area contributed by atoms with Crippen LogP contribution in [0.1, 0.15) is 5.69 Å². The Kier molecular flexibility index (Phi) is 2.50. The summed E-state index contributed by atoms with van der Waals surface area (Å²) in [5.74, 6) is 0.342. The minimum atomic E-state index is -0.129. The molecule has 0 aromatic carbocycles. The van der Waals surface area contributed by atoms with Crippen molar-refractivity contribution >= 4 is 0 Å². The SMILES string of the molecule is COc1cn(C)c(CN)cc1=O. The van der Waals surface area contributed by atoms with E-state index >= 15 is 0 Å². The van der Waals surface area contributed by atoms with Crippen LogP contribution >= 0.6 is 0 Å². The lowest BCUT2D eigenvalue weighted by atomic mass is 10.3. The standard InChI is InChI=1S/C8H12N2O2/c1-10-5-8(12-2)7(11)3-6(10)4-9/h3,5H,4,9H2,1-2H3. The number of aromatic nitrogens is 1. The predicted molar refractivity (Wildman–Crippen MR) is 46.1 cm³/mol. The van der Waals surface area contributed by atoms with Crippen molar-refractivity contribution in [1.29, 1.82) is 0 Å². The van der Waals surface area contributed by atoms with Gasteiger partial charge in [-0.25, -0.2) is 0 Å². The van der Waals surface area contributed by atoms with Gasteiger partial charge in [-0.2, -0.15) is 0 Å². The lowest BCUT2D eigenvalue weighted by Gasteiger charge is -2.07. The summed E-state index contributed by atoms with van der Waals surface area (Å²) >= 11 is 0. The van der Waals surface area contributed by atoms with Gasteiger partial charge in [0.2, 0.25) is 5.43 Å². The first-order chi connectivity index (χ1) is 5.69. The summed E-state index contributed by atoms with van der Waals surface area (Å²) in [6.07, 6.45) is 1.63. The highest BCUT2D eigenvalue weighted by atomic mass is 16.5. The van der Waals surface area contributed by atoms with Crippen LogP contribution < -0.4 is 15.9 Å². The molecule has 0 saturated carbocycles. The van der Waals surface area contributed by atoms with E-state index in [1.54, 1.807) is 10.8 Å². The second-order valence-corrected chi connectivity index (χ2v) is 2.51. The third kappa shape index (κ3) is 1.48. The fraction of sp³-hybridized carbons (Fsp3) is 0.375. The van der Waals surface area contributed by atoms with E-state index in [-0.39, 0.29) is 5.43 Å². The zero-order valence-corrected chi connectivity index (χ0v) is 7.20. The van der Waals surface area contributed by atoms with Gasteiger partial charge in [-0.3, -0.25) is 4.79 Å². The molecule has 1 aromatic rings. The Morgan fingerprint density at radius 3 is 2.83 bits per heavy atom. The Hall–Kier alpha value is -1.29. The number of hydrogen-bond donors (Lipinski definition) is 1. The summed E-state index contributed by atoms with van der Waals surface area (Å²) in [7, 11) is 3.29. The topological polar surface area (TPSA) is 57.2 Å². The van der Waals surface area contributed by atoms with Gasteiger partial charge in [-0.1, -0.05) is 0 Å². The molecule has 2 N–H and O–H groups in total. The van der Waals surface area contributed by atoms with Crippen LogP contribution in [-0.4, -0.2) is 11.7 Å². The molecule has 0 bridgehead atoms. The van der Waals surface area contributed by atoms with Crippen LogP contribution in [0.5, 0.6) is 5.75 Å². The van der Waals surface area contributed by atoms with E-state index in [0.29, 0.717) is 12.3 Å². The Morgan fingerprint density at radius 2 is 2.33 bits per heavy atom.